The van der Waals surface area contributed by atoms with Crippen LogP contribution in [-0.4, -0.2) is 19.4 Å². The third-order valence-electron chi connectivity index (χ3n) is 1.81. The van der Waals surface area contributed by atoms with Crippen molar-refractivity contribution in [2.45, 2.75) is 12.8 Å². The van der Waals surface area contributed by atoms with E-state index in [0.29, 0.717) is 6.54 Å². The summed E-state index contributed by atoms with van der Waals surface area (Å²) in [6.45, 7) is 2.13. The van der Waals surface area contributed by atoms with Crippen LogP contribution >= 0.6 is 11.3 Å². The molecular weight excluding hydrogens is 186 g/mol. The fourth-order valence-corrected chi connectivity index (χ4v) is 1.99. The lowest BCUT2D eigenvalue weighted by atomic mass is 10.0. The Hall–Kier alpha value is -0.710. The monoisotopic (exact) mass is 199 g/mol. The van der Waals surface area contributed by atoms with Gasteiger partial charge in [-0.1, -0.05) is 6.07 Å². The first-order chi connectivity index (χ1) is 6.25. The van der Waals surface area contributed by atoms with Gasteiger partial charge in [-0.05, 0) is 18.4 Å². The van der Waals surface area contributed by atoms with Crippen molar-refractivity contribution in [3.8, 4) is 0 Å². The molecule has 1 aromatic rings. The lowest BCUT2D eigenvalue weighted by Crippen LogP contribution is -2.24. The third-order valence-corrected chi connectivity index (χ3v) is 2.80. The minimum Gasteiger partial charge on any atom is -0.305 e. The van der Waals surface area contributed by atoms with Gasteiger partial charge < -0.3 is 4.84 Å². The molecule has 0 amide bonds. The lowest BCUT2D eigenvalue weighted by Gasteiger charge is -2.11. The molecule has 1 N–H and O–H groups in total. The molecule has 1 aromatic heterocycles. The van der Waals surface area contributed by atoms with Gasteiger partial charge in [0.2, 0.25) is 0 Å². The van der Waals surface area contributed by atoms with Crippen LogP contribution in [0.1, 0.15) is 17.7 Å². The lowest BCUT2D eigenvalue weighted by molar-refractivity contribution is -0.118. The highest BCUT2D eigenvalue weighted by atomic mass is 32.1. The Morgan fingerprint density at radius 1 is 1.77 bits per heavy atom. The SMILES string of the molecule is CONCC(C(C)=O)c1cccs1. The molecule has 0 aromatic carbocycles. The van der Waals surface area contributed by atoms with E-state index in [4.69, 9.17) is 4.84 Å². The number of hydroxylamine groups is 1. The van der Waals surface area contributed by atoms with Crippen LogP contribution in [0, 0.1) is 0 Å². The molecule has 1 unspecified atom stereocenters. The fraction of sp³-hybridized carbons (Fsp3) is 0.444. The smallest absolute Gasteiger partial charge is 0.139 e. The van der Waals surface area contributed by atoms with Crippen molar-refractivity contribution in [2.24, 2.45) is 0 Å². The van der Waals surface area contributed by atoms with E-state index in [9.17, 15) is 4.79 Å². The van der Waals surface area contributed by atoms with Crippen LogP contribution in [0.15, 0.2) is 17.5 Å². The first-order valence-corrected chi connectivity index (χ1v) is 4.93. The largest absolute Gasteiger partial charge is 0.305 e. The van der Waals surface area contributed by atoms with E-state index in [1.165, 1.54) is 0 Å². The van der Waals surface area contributed by atoms with Crippen LogP contribution in [0.2, 0.25) is 0 Å². The van der Waals surface area contributed by atoms with E-state index in [1.807, 2.05) is 17.5 Å². The number of carbonyl (C=O) groups is 1. The number of thiophene rings is 1. The van der Waals surface area contributed by atoms with Gasteiger partial charge >= 0.3 is 0 Å². The Labute approximate surface area is 81.7 Å². The summed E-state index contributed by atoms with van der Waals surface area (Å²) >= 11 is 1.59. The first kappa shape index (κ1) is 10.4. The second-order valence-electron chi connectivity index (χ2n) is 2.73. The number of rotatable bonds is 5. The number of nitrogens with one attached hydrogen (secondary N) is 1. The average Bonchev–Trinajstić information content (AvgIpc) is 2.57. The number of hydrogen-bond acceptors (Lipinski definition) is 4. The Kier molecular flexibility index (Phi) is 4.08. The molecule has 0 saturated heterocycles. The Bertz CT molecular complexity index is 259. The predicted octanol–water partition coefficient (Wildman–Crippen LogP) is 1.57. The normalized spacial score (nSPS) is 12.8. The molecule has 0 aliphatic rings. The van der Waals surface area contributed by atoms with Crippen molar-refractivity contribution in [1.82, 2.24) is 5.48 Å². The maximum atomic E-state index is 11.3. The second kappa shape index (κ2) is 5.11. The highest BCUT2D eigenvalue weighted by molar-refractivity contribution is 7.10. The predicted molar refractivity (Wildman–Crippen MR) is 52.8 cm³/mol. The summed E-state index contributed by atoms with van der Waals surface area (Å²) in [6.07, 6.45) is 0. The summed E-state index contributed by atoms with van der Waals surface area (Å²) < 4.78 is 0. The summed E-state index contributed by atoms with van der Waals surface area (Å²) in [5.74, 6) is 0.0759. The zero-order valence-electron chi connectivity index (χ0n) is 7.74. The molecule has 0 fully saturated rings. The fourth-order valence-electron chi connectivity index (χ4n) is 1.10. The quantitative estimate of drug-likeness (QED) is 0.731. The zero-order chi connectivity index (χ0) is 9.68. The summed E-state index contributed by atoms with van der Waals surface area (Å²) in [7, 11) is 1.55. The van der Waals surface area contributed by atoms with Gasteiger partial charge in [-0.25, -0.2) is 5.48 Å². The van der Waals surface area contributed by atoms with Gasteiger partial charge in [-0.2, -0.15) is 0 Å². The van der Waals surface area contributed by atoms with E-state index >= 15 is 0 Å². The zero-order valence-corrected chi connectivity index (χ0v) is 8.56. The molecule has 4 heteroatoms. The van der Waals surface area contributed by atoms with Gasteiger partial charge in [0, 0.05) is 11.4 Å². The molecular formula is C9H13NO2S. The molecule has 0 bridgehead atoms. The van der Waals surface area contributed by atoms with Crippen molar-refractivity contribution in [1.29, 1.82) is 0 Å². The minimum atomic E-state index is -0.0834. The van der Waals surface area contributed by atoms with E-state index in [-0.39, 0.29) is 11.7 Å². The van der Waals surface area contributed by atoms with Crippen molar-refractivity contribution in [3.05, 3.63) is 22.4 Å². The summed E-state index contributed by atoms with van der Waals surface area (Å²) in [5.41, 5.74) is 2.70. The van der Waals surface area contributed by atoms with Crippen LogP contribution in [0.25, 0.3) is 0 Å². The first-order valence-electron chi connectivity index (χ1n) is 4.05. The van der Waals surface area contributed by atoms with Gasteiger partial charge in [0.1, 0.15) is 5.78 Å². The van der Waals surface area contributed by atoms with Crippen LogP contribution in [0.4, 0.5) is 0 Å². The molecule has 0 radical (unpaired) electrons. The Balaban J connectivity index is 2.63. The maximum Gasteiger partial charge on any atom is 0.139 e. The molecule has 3 nitrogen and oxygen atoms in total. The highest BCUT2D eigenvalue weighted by Crippen LogP contribution is 2.21. The minimum absolute atomic E-state index is 0.0834. The molecule has 0 spiro atoms. The van der Waals surface area contributed by atoms with Gasteiger partial charge in [-0.3, -0.25) is 4.79 Å². The van der Waals surface area contributed by atoms with Crippen molar-refractivity contribution < 1.29 is 9.63 Å². The second-order valence-corrected chi connectivity index (χ2v) is 3.71. The molecule has 1 heterocycles. The molecule has 72 valence electrons. The van der Waals surface area contributed by atoms with E-state index in [0.717, 1.165) is 4.88 Å². The van der Waals surface area contributed by atoms with Crippen LogP contribution in [0.5, 0.6) is 0 Å². The Morgan fingerprint density at radius 3 is 3.00 bits per heavy atom. The van der Waals surface area contributed by atoms with E-state index in [1.54, 1.807) is 25.4 Å². The van der Waals surface area contributed by atoms with Crippen LogP contribution in [0.3, 0.4) is 0 Å². The summed E-state index contributed by atoms with van der Waals surface area (Å²) in [5, 5.41) is 1.97. The van der Waals surface area contributed by atoms with Gasteiger partial charge in [0.25, 0.3) is 0 Å². The third kappa shape index (κ3) is 2.91. The van der Waals surface area contributed by atoms with Crippen LogP contribution < -0.4 is 5.48 Å². The molecule has 13 heavy (non-hydrogen) atoms. The van der Waals surface area contributed by atoms with Crippen molar-refractivity contribution >= 4 is 17.1 Å². The summed E-state index contributed by atoms with van der Waals surface area (Å²) in [6, 6.07) is 3.91. The number of carbonyl (C=O) groups excluding carboxylic acids is 1. The molecule has 0 aliphatic heterocycles. The van der Waals surface area contributed by atoms with Crippen molar-refractivity contribution in [3.63, 3.8) is 0 Å². The highest BCUT2D eigenvalue weighted by Gasteiger charge is 2.16. The number of hydrogen-bond donors (Lipinski definition) is 1. The van der Waals surface area contributed by atoms with Crippen molar-refractivity contribution in [2.75, 3.05) is 13.7 Å². The molecule has 0 saturated carbocycles. The van der Waals surface area contributed by atoms with Gasteiger partial charge in [0.15, 0.2) is 0 Å². The summed E-state index contributed by atoms with van der Waals surface area (Å²) in [4.78, 5) is 17.1. The van der Waals surface area contributed by atoms with E-state index < -0.39 is 0 Å². The van der Waals surface area contributed by atoms with E-state index in [2.05, 4.69) is 5.48 Å². The number of ketones is 1. The molecule has 1 atom stereocenters. The van der Waals surface area contributed by atoms with Gasteiger partial charge in [-0.15, -0.1) is 11.3 Å². The number of Topliss-reactive ketones (excluding diaryl/α,β-unsaturated/α-hetero) is 1. The maximum absolute atomic E-state index is 11.3. The average molecular weight is 199 g/mol. The topological polar surface area (TPSA) is 38.3 Å². The standard InChI is InChI=1S/C9H13NO2S/c1-7(11)8(6-10-12-2)9-4-3-5-13-9/h3-5,8,10H,6H2,1-2H3. The van der Waals surface area contributed by atoms with Gasteiger partial charge in [0.05, 0.1) is 13.0 Å². The molecule has 1 rings (SSSR count). The van der Waals surface area contributed by atoms with Crippen LogP contribution in [-0.2, 0) is 9.63 Å². The Morgan fingerprint density at radius 2 is 2.54 bits per heavy atom. The molecule has 0 aliphatic carbocycles.